The van der Waals surface area contributed by atoms with E-state index in [0.717, 1.165) is 10.8 Å². The first kappa shape index (κ1) is 13.6. The molecule has 2 N–H and O–H groups in total. The van der Waals surface area contributed by atoms with Crippen LogP contribution in [0.25, 0.3) is 10.8 Å². The van der Waals surface area contributed by atoms with Gasteiger partial charge in [0.15, 0.2) is 0 Å². The van der Waals surface area contributed by atoms with E-state index in [1.165, 1.54) is 0 Å². The third-order valence-corrected chi connectivity index (χ3v) is 3.40. The summed E-state index contributed by atoms with van der Waals surface area (Å²) in [5, 5.41) is 1.57. The Kier molecular flexibility index (Phi) is 3.35. The van der Waals surface area contributed by atoms with E-state index in [9.17, 15) is 13.2 Å². The maximum atomic E-state index is 13.9. The van der Waals surface area contributed by atoms with Crippen molar-refractivity contribution in [1.82, 2.24) is 4.98 Å². The Hall–Kier alpha value is -2.40. The predicted octanol–water partition coefficient (Wildman–Crippen LogP) is 3.70. The molecule has 0 saturated heterocycles. The van der Waals surface area contributed by atoms with Crippen LogP contribution in [0.15, 0.2) is 48.8 Å². The summed E-state index contributed by atoms with van der Waals surface area (Å²) in [7, 11) is 0. The van der Waals surface area contributed by atoms with E-state index >= 15 is 0 Å². The van der Waals surface area contributed by atoms with Gasteiger partial charge in [-0.2, -0.15) is 0 Å². The van der Waals surface area contributed by atoms with E-state index in [-0.39, 0.29) is 5.56 Å². The fourth-order valence-electron chi connectivity index (χ4n) is 2.42. The molecule has 0 saturated carbocycles. The lowest BCUT2D eigenvalue weighted by Crippen LogP contribution is -2.16. The van der Waals surface area contributed by atoms with Gasteiger partial charge in [0, 0.05) is 35.5 Å². The van der Waals surface area contributed by atoms with Crippen molar-refractivity contribution in [3.63, 3.8) is 0 Å². The monoisotopic (exact) mass is 288 g/mol. The molecule has 0 amide bonds. The minimum Gasteiger partial charge on any atom is -0.320 e. The molecule has 5 heteroatoms. The van der Waals surface area contributed by atoms with Crippen LogP contribution in [0.4, 0.5) is 13.2 Å². The van der Waals surface area contributed by atoms with Crippen molar-refractivity contribution in [2.45, 2.75) is 6.04 Å². The molecule has 0 radical (unpaired) electrons. The van der Waals surface area contributed by atoms with Crippen LogP contribution in [0.5, 0.6) is 0 Å². The summed E-state index contributed by atoms with van der Waals surface area (Å²) in [6, 6.07) is 7.21. The van der Waals surface area contributed by atoms with Crippen LogP contribution in [0.2, 0.25) is 0 Å². The molecule has 1 heterocycles. The number of nitrogens with zero attached hydrogens (tertiary/aromatic N) is 1. The highest BCUT2D eigenvalue weighted by molar-refractivity contribution is 5.85. The Labute approximate surface area is 119 Å². The number of fused-ring (bicyclic) bond motifs is 1. The molecule has 1 unspecified atom stereocenters. The fraction of sp³-hybridized carbons (Fsp3) is 0.0625. The van der Waals surface area contributed by atoms with Crippen LogP contribution in [0.3, 0.4) is 0 Å². The van der Waals surface area contributed by atoms with Gasteiger partial charge in [-0.05, 0) is 17.0 Å². The van der Waals surface area contributed by atoms with Crippen molar-refractivity contribution < 1.29 is 13.2 Å². The van der Waals surface area contributed by atoms with Crippen molar-refractivity contribution in [2.75, 3.05) is 0 Å². The zero-order valence-corrected chi connectivity index (χ0v) is 10.9. The van der Waals surface area contributed by atoms with Crippen LogP contribution in [-0.4, -0.2) is 4.98 Å². The van der Waals surface area contributed by atoms with Crippen LogP contribution >= 0.6 is 0 Å². The van der Waals surface area contributed by atoms with E-state index in [1.807, 2.05) is 6.07 Å². The number of hydrogen-bond donors (Lipinski definition) is 1. The molecular formula is C16H11F3N2. The summed E-state index contributed by atoms with van der Waals surface area (Å²) < 4.78 is 40.7. The minimum atomic E-state index is -1.03. The smallest absolute Gasteiger partial charge is 0.134 e. The SMILES string of the molecule is NC(c1c(F)cc(F)cc1F)c1cccc2cnccc12. The molecule has 106 valence electrons. The molecule has 21 heavy (non-hydrogen) atoms. The van der Waals surface area contributed by atoms with E-state index in [2.05, 4.69) is 4.98 Å². The molecule has 0 spiro atoms. The molecule has 1 aromatic heterocycles. The summed E-state index contributed by atoms with van der Waals surface area (Å²) in [6.07, 6.45) is 3.22. The molecule has 0 aliphatic heterocycles. The number of nitrogens with two attached hydrogens (primary N) is 1. The first-order valence-electron chi connectivity index (χ1n) is 6.30. The maximum absolute atomic E-state index is 13.9. The quantitative estimate of drug-likeness (QED) is 0.781. The molecule has 3 rings (SSSR count). The normalized spacial score (nSPS) is 12.6. The number of pyridine rings is 1. The Balaban J connectivity index is 2.20. The van der Waals surface area contributed by atoms with E-state index < -0.39 is 23.5 Å². The summed E-state index contributed by atoms with van der Waals surface area (Å²) in [6.45, 7) is 0. The highest BCUT2D eigenvalue weighted by Gasteiger charge is 2.21. The van der Waals surface area contributed by atoms with Crippen LogP contribution in [0, 0.1) is 17.5 Å². The van der Waals surface area contributed by atoms with Gasteiger partial charge in [-0.25, -0.2) is 13.2 Å². The van der Waals surface area contributed by atoms with Gasteiger partial charge in [0.2, 0.25) is 0 Å². The van der Waals surface area contributed by atoms with Gasteiger partial charge in [-0.15, -0.1) is 0 Å². The Morgan fingerprint density at radius 2 is 1.71 bits per heavy atom. The van der Waals surface area contributed by atoms with Gasteiger partial charge in [-0.1, -0.05) is 18.2 Å². The first-order valence-corrected chi connectivity index (χ1v) is 6.30. The largest absolute Gasteiger partial charge is 0.320 e. The van der Waals surface area contributed by atoms with Crippen molar-refractivity contribution in [1.29, 1.82) is 0 Å². The minimum absolute atomic E-state index is 0.347. The Morgan fingerprint density at radius 3 is 2.43 bits per heavy atom. The van der Waals surface area contributed by atoms with E-state index in [4.69, 9.17) is 5.73 Å². The zero-order chi connectivity index (χ0) is 15.0. The number of rotatable bonds is 2. The highest BCUT2D eigenvalue weighted by atomic mass is 19.1. The molecule has 0 fully saturated rings. The third kappa shape index (κ3) is 2.36. The predicted molar refractivity (Wildman–Crippen MR) is 74.1 cm³/mol. The first-order chi connectivity index (χ1) is 10.1. The second-order valence-electron chi connectivity index (χ2n) is 4.70. The molecule has 0 aliphatic carbocycles. The van der Waals surface area contributed by atoms with E-state index in [1.54, 1.807) is 30.6 Å². The number of halogens is 3. The lowest BCUT2D eigenvalue weighted by Gasteiger charge is -2.16. The molecule has 1 atom stereocenters. The van der Waals surface area contributed by atoms with Crippen molar-refractivity contribution >= 4 is 10.8 Å². The molecule has 0 aliphatic rings. The Morgan fingerprint density at radius 1 is 1.00 bits per heavy atom. The lowest BCUT2D eigenvalue weighted by molar-refractivity contribution is 0.515. The van der Waals surface area contributed by atoms with Crippen LogP contribution in [0.1, 0.15) is 17.2 Å². The van der Waals surface area contributed by atoms with Gasteiger partial charge in [0.1, 0.15) is 17.5 Å². The van der Waals surface area contributed by atoms with Gasteiger partial charge < -0.3 is 5.73 Å². The average Bonchev–Trinajstić information content (AvgIpc) is 2.45. The summed E-state index contributed by atoms with van der Waals surface area (Å²) in [5.41, 5.74) is 6.22. The number of aromatic nitrogens is 1. The second-order valence-corrected chi connectivity index (χ2v) is 4.70. The van der Waals surface area contributed by atoms with Gasteiger partial charge in [0.25, 0.3) is 0 Å². The highest BCUT2D eigenvalue weighted by Crippen LogP contribution is 2.30. The summed E-state index contributed by atoms with van der Waals surface area (Å²) in [4.78, 5) is 3.99. The van der Waals surface area contributed by atoms with Crippen LogP contribution < -0.4 is 5.73 Å². The molecule has 0 bridgehead atoms. The summed E-state index contributed by atoms with van der Waals surface area (Å²) in [5.74, 6) is -2.96. The maximum Gasteiger partial charge on any atom is 0.134 e. The van der Waals surface area contributed by atoms with Crippen molar-refractivity contribution in [3.05, 3.63) is 77.4 Å². The van der Waals surface area contributed by atoms with Gasteiger partial charge in [-0.3, -0.25) is 4.98 Å². The van der Waals surface area contributed by atoms with Gasteiger partial charge in [0.05, 0.1) is 6.04 Å². The summed E-state index contributed by atoms with van der Waals surface area (Å²) >= 11 is 0. The fourth-order valence-corrected chi connectivity index (χ4v) is 2.42. The van der Waals surface area contributed by atoms with Crippen LogP contribution in [-0.2, 0) is 0 Å². The average molecular weight is 288 g/mol. The number of benzene rings is 2. The number of hydrogen-bond acceptors (Lipinski definition) is 2. The molecule has 3 aromatic rings. The molecule has 2 aromatic carbocycles. The zero-order valence-electron chi connectivity index (χ0n) is 10.9. The molecule has 2 nitrogen and oxygen atoms in total. The Bertz CT molecular complexity index is 789. The van der Waals surface area contributed by atoms with Crippen molar-refractivity contribution in [3.8, 4) is 0 Å². The molecular weight excluding hydrogens is 277 g/mol. The van der Waals surface area contributed by atoms with E-state index in [0.29, 0.717) is 17.7 Å². The second kappa shape index (κ2) is 5.18. The standard InChI is InChI=1S/C16H11F3N2/c17-10-6-13(18)15(14(19)7-10)16(20)12-3-1-2-9-8-21-5-4-11(9)12/h1-8,16H,20H2. The topological polar surface area (TPSA) is 38.9 Å². The van der Waals surface area contributed by atoms with Gasteiger partial charge >= 0.3 is 0 Å². The lowest BCUT2D eigenvalue weighted by atomic mass is 9.94. The third-order valence-electron chi connectivity index (χ3n) is 3.40. The van der Waals surface area contributed by atoms with Crippen molar-refractivity contribution in [2.24, 2.45) is 5.73 Å².